The van der Waals surface area contributed by atoms with Gasteiger partial charge < -0.3 is 14.2 Å². The third-order valence-corrected chi connectivity index (χ3v) is 4.41. The van der Waals surface area contributed by atoms with Crippen molar-refractivity contribution < 1.29 is 19.0 Å². The van der Waals surface area contributed by atoms with Gasteiger partial charge in [-0.15, -0.1) is 6.58 Å². The first-order valence-electron chi connectivity index (χ1n) is 7.62. The van der Waals surface area contributed by atoms with Crippen LogP contribution < -0.4 is 0 Å². The second-order valence-corrected chi connectivity index (χ2v) is 5.74. The lowest BCUT2D eigenvalue weighted by atomic mass is 9.72. The molecule has 0 amide bonds. The van der Waals surface area contributed by atoms with Crippen molar-refractivity contribution >= 4 is 5.97 Å². The fraction of sp³-hybridized carbons (Fsp3) is 0.588. The number of esters is 1. The Bertz CT molecular complexity index is 575. The fourth-order valence-electron chi connectivity index (χ4n) is 3.28. The lowest BCUT2D eigenvalue weighted by Crippen LogP contribution is -2.40. The van der Waals surface area contributed by atoms with E-state index in [-0.39, 0.29) is 30.0 Å². The minimum atomic E-state index is -0.665. The van der Waals surface area contributed by atoms with Gasteiger partial charge in [0.25, 0.3) is 0 Å². The highest BCUT2D eigenvalue weighted by molar-refractivity contribution is 5.65. The van der Waals surface area contributed by atoms with Crippen molar-refractivity contribution in [2.24, 2.45) is 11.8 Å². The molecule has 2 rings (SSSR count). The first-order valence-corrected chi connectivity index (χ1v) is 7.62. The number of hydrogen-bond donors (Lipinski definition) is 0. The maximum Gasteiger partial charge on any atom is 0.302 e. The number of allylic oxidation sites excluding steroid dienone is 2. The van der Waals surface area contributed by atoms with E-state index >= 15 is 0 Å². The third kappa shape index (κ3) is 3.79. The molecule has 1 spiro atoms. The van der Waals surface area contributed by atoms with Crippen LogP contribution in [0, 0.1) is 34.5 Å². The Labute approximate surface area is 135 Å². The molecular formula is C17H20N2O4. The maximum atomic E-state index is 11.1. The quantitative estimate of drug-likeness (QED) is 0.448. The van der Waals surface area contributed by atoms with Crippen molar-refractivity contribution in [1.29, 1.82) is 10.5 Å². The van der Waals surface area contributed by atoms with Crippen LogP contribution in [0.4, 0.5) is 0 Å². The zero-order valence-electron chi connectivity index (χ0n) is 13.2. The van der Waals surface area contributed by atoms with E-state index < -0.39 is 5.79 Å². The van der Waals surface area contributed by atoms with Gasteiger partial charge in [-0.3, -0.25) is 4.79 Å². The second-order valence-electron chi connectivity index (χ2n) is 5.74. The van der Waals surface area contributed by atoms with Crippen LogP contribution in [0.2, 0.25) is 0 Å². The van der Waals surface area contributed by atoms with E-state index in [2.05, 4.69) is 6.58 Å². The molecule has 23 heavy (non-hydrogen) atoms. The molecule has 2 fully saturated rings. The molecule has 6 heteroatoms. The number of nitriles is 2. The van der Waals surface area contributed by atoms with Gasteiger partial charge in [0.05, 0.1) is 19.8 Å². The predicted molar refractivity (Wildman–Crippen MR) is 80.5 cm³/mol. The summed E-state index contributed by atoms with van der Waals surface area (Å²) < 4.78 is 16.7. The van der Waals surface area contributed by atoms with Gasteiger partial charge >= 0.3 is 5.97 Å². The first kappa shape index (κ1) is 17.2. The summed E-state index contributed by atoms with van der Waals surface area (Å²) in [7, 11) is 0. The number of nitrogens with zero attached hydrogens (tertiary/aromatic N) is 2. The molecule has 122 valence electrons. The molecule has 1 aliphatic carbocycles. The molecule has 1 heterocycles. The number of carbonyl (C=O) groups excluding carboxylic acids is 1. The van der Waals surface area contributed by atoms with Crippen LogP contribution in [0.1, 0.15) is 26.2 Å². The molecule has 2 aliphatic rings. The van der Waals surface area contributed by atoms with E-state index in [4.69, 9.17) is 14.2 Å². The van der Waals surface area contributed by atoms with Crippen molar-refractivity contribution in [2.45, 2.75) is 32.0 Å². The minimum Gasteiger partial charge on any atom is -0.465 e. The van der Waals surface area contributed by atoms with Crippen molar-refractivity contribution in [3.05, 3.63) is 23.8 Å². The number of rotatable bonds is 4. The van der Waals surface area contributed by atoms with Crippen molar-refractivity contribution in [3.63, 3.8) is 0 Å². The summed E-state index contributed by atoms with van der Waals surface area (Å²) >= 11 is 0. The highest BCUT2D eigenvalue weighted by Crippen LogP contribution is 2.45. The Balaban J connectivity index is 2.31. The van der Waals surface area contributed by atoms with Crippen LogP contribution in [0.15, 0.2) is 23.8 Å². The number of ether oxygens (including phenoxy) is 3. The summed E-state index contributed by atoms with van der Waals surface area (Å²) in [6.07, 6.45) is 3.38. The molecule has 2 atom stereocenters. The van der Waals surface area contributed by atoms with Crippen LogP contribution in [0.3, 0.4) is 0 Å². The highest BCUT2D eigenvalue weighted by Gasteiger charge is 2.45. The zero-order valence-corrected chi connectivity index (χ0v) is 13.2. The van der Waals surface area contributed by atoms with Gasteiger partial charge in [-0.1, -0.05) is 6.08 Å². The normalized spacial score (nSPS) is 23.6. The molecule has 6 nitrogen and oxygen atoms in total. The lowest BCUT2D eigenvalue weighted by Gasteiger charge is -2.40. The molecule has 0 N–H and O–H groups in total. The standard InChI is InChI=1S/C17H20N2O4/c1-3-13(11-21-12(2)20)16-8-17(22-6-7-23-17)5-4-15(16)14(9-18)10-19/h3,13,16H,1,4-8,11H2,2H3/t13?,16-/m0/s1. The van der Waals surface area contributed by atoms with Gasteiger partial charge in [-0.05, 0) is 17.9 Å². The molecule has 1 unspecified atom stereocenters. The van der Waals surface area contributed by atoms with Gasteiger partial charge in [0.1, 0.15) is 17.7 Å². The van der Waals surface area contributed by atoms with E-state index in [1.807, 2.05) is 12.1 Å². The topological polar surface area (TPSA) is 92.3 Å². The van der Waals surface area contributed by atoms with Crippen molar-refractivity contribution in [3.8, 4) is 12.1 Å². The van der Waals surface area contributed by atoms with E-state index in [0.717, 1.165) is 5.57 Å². The molecule has 1 aliphatic heterocycles. The molecule has 0 aromatic carbocycles. The molecule has 1 saturated heterocycles. The SMILES string of the molecule is C=CC(COC(C)=O)[C@@H]1CC2(CCC1=C(C#N)C#N)OCCO2. The number of hydrogen-bond acceptors (Lipinski definition) is 6. The minimum absolute atomic E-state index is 0.123. The Hall–Kier alpha value is -2.15. The molecular weight excluding hydrogens is 296 g/mol. The third-order valence-electron chi connectivity index (χ3n) is 4.41. The van der Waals surface area contributed by atoms with Gasteiger partial charge in [-0.25, -0.2) is 0 Å². The molecule has 0 bridgehead atoms. The van der Waals surface area contributed by atoms with Crippen LogP contribution in [-0.2, 0) is 19.0 Å². The summed E-state index contributed by atoms with van der Waals surface area (Å²) in [5.41, 5.74) is 0.897. The van der Waals surface area contributed by atoms with Crippen molar-refractivity contribution in [2.75, 3.05) is 19.8 Å². The first-order chi connectivity index (χ1) is 11.0. The zero-order chi connectivity index (χ0) is 16.9. The van der Waals surface area contributed by atoms with E-state index in [9.17, 15) is 15.3 Å². The van der Waals surface area contributed by atoms with Gasteiger partial charge in [0.2, 0.25) is 0 Å². The van der Waals surface area contributed by atoms with E-state index in [0.29, 0.717) is 32.5 Å². The molecule has 0 aromatic heterocycles. The van der Waals surface area contributed by atoms with Crippen LogP contribution >= 0.6 is 0 Å². The van der Waals surface area contributed by atoms with Gasteiger partial charge in [0.15, 0.2) is 5.79 Å². The lowest BCUT2D eigenvalue weighted by molar-refractivity contribution is -0.183. The van der Waals surface area contributed by atoms with Gasteiger partial charge in [0, 0.05) is 25.7 Å². The Kier molecular flexibility index (Phi) is 5.54. The van der Waals surface area contributed by atoms with Crippen LogP contribution in [0.5, 0.6) is 0 Å². The van der Waals surface area contributed by atoms with Crippen LogP contribution in [0.25, 0.3) is 0 Å². The Morgan fingerprint density at radius 1 is 1.48 bits per heavy atom. The summed E-state index contributed by atoms with van der Waals surface area (Å²) in [6, 6.07) is 3.94. The molecule has 1 saturated carbocycles. The highest BCUT2D eigenvalue weighted by atomic mass is 16.7. The van der Waals surface area contributed by atoms with Crippen LogP contribution in [-0.4, -0.2) is 31.6 Å². The second kappa shape index (κ2) is 7.41. The number of carbonyl (C=O) groups is 1. The molecule has 0 aromatic rings. The summed E-state index contributed by atoms with van der Waals surface area (Å²) in [5, 5.41) is 18.4. The van der Waals surface area contributed by atoms with Crippen molar-refractivity contribution in [1.82, 2.24) is 0 Å². The van der Waals surface area contributed by atoms with Gasteiger partial charge in [-0.2, -0.15) is 10.5 Å². The summed E-state index contributed by atoms with van der Waals surface area (Å²) in [4.78, 5) is 11.1. The Morgan fingerprint density at radius 2 is 2.13 bits per heavy atom. The largest absolute Gasteiger partial charge is 0.465 e. The predicted octanol–water partition coefficient (Wildman–Crippen LogP) is 2.24. The smallest absolute Gasteiger partial charge is 0.302 e. The average molecular weight is 316 g/mol. The fourth-order valence-corrected chi connectivity index (χ4v) is 3.28. The maximum absolute atomic E-state index is 11.1. The average Bonchev–Trinajstić information content (AvgIpc) is 2.99. The summed E-state index contributed by atoms with van der Waals surface area (Å²) in [6.45, 7) is 6.40. The Morgan fingerprint density at radius 3 is 2.65 bits per heavy atom. The monoisotopic (exact) mass is 316 g/mol. The molecule has 0 radical (unpaired) electrons. The van der Waals surface area contributed by atoms with E-state index in [1.165, 1.54) is 6.92 Å². The summed E-state index contributed by atoms with van der Waals surface area (Å²) in [5.74, 6) is -1.41. The van der Waals surface area contributed by atoms with E-state index in [1.54, 1.807) is 6.08 Å².